The zero-order valence-electron chi connectivity index (χ0n) is 19.9. The Morgan fingerprint density at radius 1 is 1.21 bits per heavy atom. The Balaban J connectivity index is 1.93. The van der Waals surface area contributed by atoms with Crippen LogP contribution < -0.4 is 5.32 Å². The largest absolute Gasteiger partial charge is 0.463 e. The first-order valence-corrected chi connectivity index (χ1v) is 11.4. The molecule has 8 nitrogen and oxygen atoms in total. The molecule has 0 saturated carbocycles. The van der Waals surface area contributed by atoms with Gasteiger partial charge in [0.2, 0.25) is 5.91 Å². The lowest BCUT2D eigenvalue weighted by Crippen LogP contribution is -2.56. The number of hydrogen-bond donors (Lipinski definition) is 1. The number of ether oxygens (including phenoxy) is 1. The fourth-order valence-electron chi connectivity index (χ4n) is 4.35. The van der Waals surface area contributed by atoms with E-state index in [0.29, 0.717) is 43.0 Å². The van der Waals surface area contributed by atoms with E-state index in [1.807, 2.05) is 25.7 Å². The number of likely N-dealkylation sites (N-methyl/N-ethyl adjacent to an activating group) is 1. The third-order valence-corrected chi connectivity index (χ3v) is 6.14. The Kier molecular flexibility index (Phi) is 7.73. The topological polar surface area (TPSA) is 82.2 Å². The van der Waals surface area contributed by atoms with E-state index in [9.17, 15) is 18.8 Å². The van der Waals surface area contributed by atoms with Gasteiger partial charge in [-0.05, 0) is 31.5 Å². The number of amides is 3. The molecule has 1 fully saturated rings. The first-order valence-electron chi connectivity index (χ1n) is 11.4. The van der Waals surface area contributed by atoms with Gasteiger partial charge in [-0.15, -0.1) is 0 Å². The van der Waals surface area contributed by atoms with Gasteiger partial charge in [0, 0.05) is 50.9 Å². The number of carbonyl (C=O) groups excluding carboxylic acids is 3. The van der Waals surface area contributed by atoms with Crippen molar-refractivity contribution in [1.82, 2.24) is 20.0 Å². The lowest BCUT2D eigenvalue weighted by Gasteiger charge is -2.42. The van der Waals surface area contributed by atoms with Crippen LogP contribution in [0.2, 0.25) is 0 Å². The second-order valence-corrected chi connectivity index (χ2v) is 8.84. The molecular weight excluding hydrogens is 427 g/mol. The van der Waals surface area contributed by atoms with E-state index in [0.717, 1.165) is 0 Å². The molecule has 0 aliphatic carbocycles. The fourth-order valence-corrected chi connectivity index (χ4v) is 4.35. The Morgan fingerprint density at radius 3 is 2.45 bits per heavy atom. The summed E-state index contributed by atoms with van der Waals surface area (Å²) in [6.45, 7) is 9.88. The van der Waals surface area contributed by atoms with Crippen LogP contribution in [0.4, 0.5) is 9.18 Å². The number of hydrogen-bond acceptors (Lipinski definition) is 5. The predicted molar refractivity (Wildman–Crippen MR) is 122 cm³/mol. The minimum atomic E-state index is -0.746. The standard InChI is InChI=1S/C24H33FN4O4/c1-6-33-23(31)20-19(14-28-11-12-29(16(4)13-28)22(30)15(2)3)27(5)24(32)26-21(20)17-7-9-18(25)10-8-17/h7-10,15-16,21H,6,11-14H2,1-5H3,(H,26,32)/t16-,21+/m0/s1. The number of nitrogens with one attached hydrogen (secondary N) is 1. The molecule has 1 aromatic rings. The van der Waals surface area contributed by atoms with Crippen molar-refractivity contribution >= 4 is 17.9 Å². The van der Waals surface area contributed by atoms with Gasteiger partial charge in [0.05, 0.1) is 18.2 Å². The highest BCUT2D eigenvalue weighted by Crippen LogP contribution is 2.32. The van der Waals surface area contributed by atoms with Crippen molar-refractivity contribution in [3.05, 3.63) is 46.9 Å². The van der Waals surface area contributed by atoms with Crippen molar-refractivity contribution in [1.29, 1.82) is 0 Å². The Morgan fingerprint density at radius 2 is 1.88 bits per heavy atom. The normalized spacial score (nSPS) is 22.0. The summed E-state index contributed by atoms with van der Waals surface area (Å²) in [7, 11) is 1.62. The van der Waals surface area contributed by atoms with Crippen molar-refractivity contribution in [2.75, 3.05) is 39.8 Å². The predicted octanol–water partition coefficient (Wildman–Crippen LogP) is 2.53. The minimum absolute atomic E-state index is 0.0101. The molecule has 0 unspecified atom stereocenters. The number of piperazine rings is 1. The molecule has 0 aromatic heterocycles. The second kappa shape index (κ2) is 10.3. The van der Waals surface area contributed by atoms with E-state index in [4.69, 9.17) is 4.74 Å². The summed E-state index contributed by atoms with van der Waals surface area (Å²) in [5.74, 6) is -0.862. The molecule has 2 aliphatic heterocycles. The first-order chi connectivity index (χ1) is 15.6. The Labute approximate surface area is 194 Å². The van der Waals surface area contributed by atoms with Crippen LogP contribution in [-0.4, -0.2) is 78.5 Å². The van der Waals surface area contributed by atoms with Crippen LogP contribution in [0, 0.1) is 11.7 Å². The number of rotatable bonds is 6. The molecule has 0 bridgehead atoms. The lowest BCUT2D eigenvalue weighted by atomic mass is 9.94. The van der Waals surface area contributed by atoms with Crippen LogP contribution in [0.5, 0.6) is 0 Å². The molecule has 2 aliphatic rings. The minimum Gasteiger partial charge on any atom is -0.463 e. The summed E-state index contributed by atoms with van der Waals surface area (Å²) >= 11 is 0. The molecule has 1 saturated heterocycles. The van der Waals surface area contributed by atoms with Gasteiger partial charge in [0.25, 0.3) is 0 Å². The molecule has 0 spiro atoms. The van der Waals surface area contributed by atoms with Crippen molar-refractivity contribution in [3.63, 3.8) is 0 Å². The molecule has 3 rings (SSSR count). The lowest BCUT2D eigenvalue weighted by molar-refractivity contribution is -0.139. The SMILES string of the molecule is CCOC(=O)C1=C(CN2CCN(C(=O)C(C)C)[C@@H](C)C2)N(C)C(=O)N[C@@H]1c1ccc(F)cc1. The zero-order chi connectivity index (χ0) is 24.3. The number of nitrogens with zero attached hydrogens (tertiary/aromatic N) is 3. The van der Waals surface area contributed by atoms with E-state index < -0.39 is 17.8 Å². The molecule has 2 heterocycles. The highest BCUT2D eigenvalue weighted by molar-refractivity contribution is 5.95. The van der Waals surface area contributed by atoms with Crippen LogP contribution in [0.3, 0.4) is 0 Å². The molecule has 9 heteroatoms. The summed E-state index contributed by atoms with van der Waals surface area (Å²) in [4.78, 5) is 43.8. The van der Waals surface area contributed by atoms with Gasteiger partial charge in [-0.1, -0.05) is 26.0 Å². The average molecular weight is 461 g/mol. The molecule has 3 amide bonds. The molecule has 0 radical (unpaired) electrons. The molecule has 180 valence electrons. The van der Waals surface area contributed by atoms with Crippen LogP contribution in [-0.2, 0) is 14.3 Å². The molecule has 1 N–H and O–H groups in total. The average Bonchev–Trinajstić information content (AvgIpc) is 2.77. The van der Waals surface area contributed by atoms with E-state index in [2.05, 4.69) is 10.2 Å². The van der Waals surface area contributed by atoms with Crippen molar-refractivity contribution in [3.8, 4) is 0 Å². The van der Waals surface area contributed by atoms with Crippen molar-refractivity contribution < 1.29 is 23.5 Å². The molecule has 2 atom stereocenters. The maximum absolute atomic E-state index is 13.5. The van der Waals surface area contributed by atoms with Gasteiger partial charge < -0.3 is 15.0 Å². The Bertz CT molecular complexity index is 931. The van der Waals surface area contributed by atoms with E-state index in [1.165, 1.54) is 17.0 Å². The molecular formula is C24H33FN4O4. The summed E-state index contributed by atoms with van der Waals surface area (Å²) in [5.41, 5.74) is 1.47. The first kappa shape index (κ1) is 24.7. The number of carbonyl (C=O) groups is 3. The van der Waals surface area contributed by atoms with Gasteiger partial charge in [0.1, 0.15) is 5.82 Å². The highest BCUT2D eigenvalue weighted by atomic mass is 19.1. The number of benzene rings is 1. The van der Waals surface area contributed by atoms with Crippen molar-refractivity contribution in [2.24, 2.45) is 5.92 Å². The van der Waals surface area contributed by atoms with Crippen LogP contribution >= 0.6 is 0 Å². The number of urea groups is 1. The van der Waals surface area contributed by atoms with E-state index >= 15 is 0 Å². The van der Waals surface area contributed by atoms with Crippen LogP contribution in [0.1, 0.15) is 39.3 Å². The van der Waals surface area contributed by atoms with E-state index in [1.54, 1.807) is 26.1 Å². The number of halogens is 1. The van der Waals surface area contributed by atoms with Gasteiger partial charge in [-0.2, -0.15) is 0 Å². The zero-order valence-corrected chi connectivity index (χ0v) is 19.9. The summed E-state index contributed by atoms with van der Waals surface area (Å²) in [6, 6.07) is 4.63. The number of esters is 1. The quantitative estimate of drug-likeness (QED) is 0.660. The third-order valence-electron chi connectivity index (χ3n) is 6.14. The fraction of sp³-hybridized carbons (Fsp3) is 0.542. The molecule has 33 heavy (non-hydrogen) atoms. The van der Waals surface area contributed by atoms with Gasteiger partial charge in [-0.3, -0.25) is 14.6 Å². The highest BCUT2D eigenvalue weighted by Gasteiger charge is 2.38. The third kappa shape index (κ3) is 5.35. The van der Waals surface area contributed by atoms with Gasteiger partial charge in [0.15, 0.2) is 0 Å². The van der Waals surface area contributed by atoms with Crippen molar-refractivity contribution in [2.45, 2.75) is 39.8 Å². The summed E-state index contributed by atoms with van der Waals surface area (Å²) < 4.78 is 18.8. The maximum atomic E-state index is 13.5. The van der Waals surface area contributed by atoms with Crippen LogP contribution in [0.25, 0.3) is 0 Å². The second-order valence-electron chi connectivity index (χ2n) is 8.84. The van der Waals surface area contributed by atoms with Gasteiger partial charge in [-0.25, -0.2) is 14.0 Å². The maximum Gasteiger partial charge on any atom is 0.338 e. The smallest absolute Gasteiger partial charge is 0.338 e. The monoisotopic (exact) mass is 460 g/mol. The van der Waals surface area contributed by atoms with E-state index in [-0.39, 0.29) is 30.5 Å². The summed E-state index contributed by atoms with van der Waals surface area (Å²) in [5, 5.41) is 2.84. The van der Waals surface area contributed by atoms with Gasteiger partial charge >= 0.3 is 12.0 Å². The summed E-state index contributed by atoms with van der Waals surface area (Å²) in [6.07, 6.45) is 0. The molecule has 1 aromatic carbocycles. The van der Waals surface area contributed by atoms with Crippen LogP contribution in [0.15, 0.2) is 35.5 Å². The Hall–Kier alpha value is -2.94.